The van der Waals surface area contributed by atoms with E-state index in [-0.39, 0.29) is 17.9 Å². The second-order valence-corrected chi connectivity index (χ2v) is 4.56. The van der Waals surface area contributed by atoms with E-state index in [1.165, 1.54) is 12.1 Å². The molecule has 0 heterocycles. The van der Waals surface area contributed by atoms with E-state index in [9.17, 15) is 18.0 Å². The van der Waals surface area contributed by atoms with E-state index in [2.05, 4.69) is 0 Å². The fourth-order valence-electron chi connectivity index (χ4n) is 1.25. The Labute approximate surface area is 109 Å². The normalized spacial score (nSPS) is 11.6. The van der Waals surface area contributed by atoms with Crippen LogP contribution in [0, 0.1) is 3.57 Å². The standard InChI is InChI=1S/C10H7ClF3IO/c11-5-4-8(16)9-6(10(12,13)14)2-1-3-7(9)15/h1-3H,4-5H2. The van der Waals surface area contributed by atoms with Gasteiger partial charge in [-0.25, -0.2) is 0 Å². The van der Waals surface area contributed by atoms with E-state index in [1.54, 1.807) is 22.6 Å². The molecule has 0 spiro atoms. The minimum absolute atomic E-state index is 0.0150. The fourth-order valence-corrected chi connectivity index (χ4v) is 2.23. The molecule has 1 aromatic carbocycles. The molecular weight excluding hydrogens is 355 g/mol. The van der Waals surface area contributed by atoms with Crippen LogP contribution in [0.2, 0.25) is 0 Å². The van der Waals surface area contributed by atoms with Crippen LogP contribution in [-0.4, -0.2) is 11.7 Å². The van der Waals surface area contributed by atoms with Crippen molar-refractivity contribution in [1.29, 1.82) is 0 Å². The lowest BCUT2D eigenvalue weighted by molar-refractivity contribution is -0.138. The molecule has 1 nitrogen and oxygen atoms in total. The molecule has 16 heavy (non-hydrogen) atoms. The van der Waals surface area contributed by atoms with Gasteiger partial charge in [0.15, 0.2) is 5.78 Å². The molecule has 6 heteroatoms. The maximum absolute atomic E-state index is 12.6. The van der Waals surface area contributed by atoms with Crippen LogP contribution in [-0.2, 0) is 6.18 Å². The first-order valence-electron chi connectivity index (χ1n) is 4.32. The van der Waals surface area contributed by atoms with Gasteiger partial charge in [0.2, 0.25) is 0 Å². The number of carbonyl (C=O) groups is 1. The lowest BCUT2D eigenvalue weighted by Gasteiger charge is -2.13. The first-order valence-corrected chi connectivity index (χ1v) is 5.94. The third-order valence-corrected chi connectivity index (χ3v) is 3.01. The topological polar surface area (TPSA) is 17.1 Å². The van der Waals surface area contributed by atoms with E-state index >= 15 is 0 Å². The lowest BCUT2D eigenvalue weighted by Crippen LogP contribution is -2.15. The number of benzene rings is 1. The van der Waals surface area contributed by atoms with Gasteiger partial charge in [0, 0.05) is 21.4 Å². The number of rotatable bonds is 3. The Balaban J connectivity index is 3.30. The molecular formula is C10H7ClF3IO. The quantitative estimate of drug-likeness (QED) is 0.449. The molecule has 1 aromatic rings. The molecule has 0 amide bonds. The van der Waals surface area contributed by atoms with Crippen LogP contribution in [0.3, 0.4) is 0 Å². The number of hydrogen-bond acceptors (Lipinski definition) is 1. The summed E-state index contributed by atoms with van der Waals surface area (Å²) in [4.78, 5) is 11.5. The zero-order valence-electron chi connectivity index (χ0n) is 7.94. The van der Waals surface area contributed by atoms with E-state index in [1.807, 2.05) is 0 Å². The van der Waals surface area contributed by atoms with Crippen LogP contribution in [0.5, 0.6) is 0 Å². The van der Waals surface area contributed by atoms with Crippen molar-refractivity contribution in [2.24, 2.45) is 0 Å². The maximum Gasteiger partial charge on any atom is 0.417 e. The van der Waals surface area contributed by atoms with Crippen molar-refractivity contribution in [2.45, 2.75) is 12.6 Å². The summed E-state index contributed by atoms with van der Waals surface area (Å²) < 4.78 is 38.2. The minimum Gasteiger partial charge on any atom is -0.294 e. The summed E-state index contributed by atoms with van der Waals surface area (Å²) in [5.41, 5.74) is -1.18. The van der Waals surface area contributed by atoms with Gasteiger partial charge in [0.05, 0.1) is 5.56 Å². The van der Waals surface area contributed by atoms with Gasteiger partial charge >= 0.3 is 6.18 Å². The third-order valence-electron chi connectivity index (χ3n) is 1.92. The summed E-state index contributed by atoms with van der Waals surface area (Å²) in [6, 6.07) is 3.66. The summed E-state index contributed by atoms with van der Waals surface area (Å²) in [7, 11) is 0. The molecule has 0 unspecified atom stereocenters. The van der Waals surface area contributed by atoms with Gasteiger partial charge in [-0.1, -0.05) is 6.07 Å². The highest BCUT2D eigenvalue weighted by Gasteiger charge is 2.35. The smallest absolute Gasteiger partial charge is 0.294 e. The highest BCUT2D eigenvalue weighted by molar-refractivity contribution is 14.1. The average molecular weight is 363 g/mol. The van der Waals surface area contributed by atoms with Crippen LogP contribution in [0.1, 0.15) is 22.3 Å². The highest BCUT2D eigenvalue weighted by Crippen LogP contribution is 2.34. The highest BCUT2D eigenvalue weighted by atomic mass is 127. The third kappa shape index (κ3) is 3.10. The average Bonchev–Trinajstić information content (AvgIpc) is 2.16. The van der Waals surface area contributed by atoms with Crippen molar-refractivity contribution >= 4 is 40.0 Å². The van der Waals surface area contributed by atoms with E-state index in [0.29, 0.717) is 3.57 Å². The number of hydrogen-bond donors (Lipinski definition) is 0. The summed E-state index contributed by atoms with van der Waals surface area (Å²) in [5.74, 6) is -0.562. The van der Waals surface area contributed by atoms with Crippen LogP contribution >= 0.6 is 34.2 Å². The van der Waals surface area contributed by atoms with Gasteiger partial charge in [0.1, 0.15) is 0 Å². The summed E-state index contributed by atoms with van der Waals surface area (Å²) in [5, 5.41) is 0. The van der Waals surface area contributed by atoms with Gasteiger partial charge in [-0.05, 0) is 34.7 Å². The first-order chi connectivity index (χ1) is 7.38. The lowest BCUT2D eigenvalue weighted by atomic mass is 10.0. The van der Waals surface area contributed by atoms with Crippen molar-refractivity contribution in [2.75, 3.05) is 5.88 Å². The van der Waals surface area contributed by atoms with Crippen LogP contribution < -0.4 is 0 Å². The molecule has 88 valence electrons. The van der Waals surface area contributed by atoms with Gasteiger partial charge < -0.3 is 0 Å². The number of alkyl halides is 4. The summed E-state index contributed by atoms with van der Waals surface area (Å²) in [6.07, 6.45) is -4.61. The number of Topliss-reactive ketones (excluding diaryl/α,β-unsaturated/α-hetero) is 1. The Hall–Kier alpha value is -0.300. The summed E-state index contributed by atoms with van der Waals surface area (Å²) >= 11 is 7.08. The monoisotopic (exact) mass is 362 g/mol. The summed E-state index contributed by atoms with van der Waals surface area (Å²) in [6.45, 7) is 0. The van der Waals surface area contributed by atoms with Crippen LogP contribution in [0.25, 0.3) is 0 Å². The molecule has 0 aliphatic rings. The first kappa shape index (κ1) is 13.8. The van der Waals surface area contributed by atoms with Crippen molar-refractivity contribution in [3.63, 3.8) is 0 Å². The molecule has 0 aliphatic heterocycles. The van der Waals surface area contributed by atoms with Gasteiger partial charge in [-0.15, -0.1) is 11.6 Å². The predicted octanol–water partition coefficient (Wildman–Crippen LogP) is 4.12. The van der Waals surface area contributed by atoms with Crippen molar-refractivity contribution in [3.05, 3.63) is 32.9 Å². The van der Waals surface area contributed by atoms with E-state index < -0.39 is 17.5 Å². The largest absolute Gasteiger partial charge is 0.417 e. The Morgan fingerprint density at radius 3 is 2.50 bits per heavy atom. The molecule has 0 fully saturated rings. The molecule has 0 N–H and O–H groups in total. The fraction of sp³-hybridized carbons (Fsp3) is 0.300. The predicted molar refractivity (Wildman–Crippen MR) is 63.8 cm³/mol. The molecule has 0 radical (unpaired) electrons. The molecule has 0 aromatic heterocycles. The molecule has 0 aliphatic carbocycles. The zero-order valence-corrected chi connectivity index (χ0v) is 10.9. The van der Waals surface area contributed by atoms with Crippen molar-refractivity contribution in [1.82, 2.24) is 0 Å². The molecule has 0 atom stereocenters. The molecule has 0 saturated carbocycles. The Kier molecular flexibility index (Phi) is 4.61. The second-order valence-electron chi connectivity index (χ2n) is 3.02. The van der Waals surface area contributed by atoms with Crippen molar-refractivity contribution < 1.29 is 18.0 Å². The van der Waals surface area contributed by atoms with Gasteiger partial charge in [0.25, 0.3) is 0 Å². The molecule has 1 rings (SSSR count). The Bertz CT molecular complexity index is 404. The molecule has 0 saturated heterocycles. The Morgan fingerprint density at radius 2 is 2.00 bits per heavy atom. The van der Waals surface area contributed by atoms with Crippen LogP contribution in [0.4, 0.5) is 13.2 Å². The number of ketones is 1. The number of carbonyl (C=O) groups excluding carboxylic acids is 1. The second kappa shape index (κ2) is 5.35. The molecule has 0 bridgehead atoms. The van der Waals surface area contributed by atoms with E-state index in [4.69, 9.17) is 11.6 Å². The number of halogens is 5. The van der Waals surface area contributed by atoms with Gasteiger partial charge in [-0.2, -0.15) is 13.2 Å². The minimum atomic E-state index is -4.52. The van der Waals surface area contributed by atoms with Crippen LogP contribution in [0.15, 0.2) is 18.2 Å². The van der Waals surface area contributed by atoms with E-state index in [0.717, 1.165) is 6.07 Å². The SMILES string of the molecule is O=C(CCCl)c1c(I)cccc1C(F)(F)F. The van der Waals surface area contributed by atoms with Crippen molar-refractivity contribution in [3.8, 4) is 0 Å². The van der Waals surface area contributed by atoms with Gasteiger partial charge in [-0.3, -0.25) is 4.79 Å². The maximum atomic E-state index is 12.6. The Morgan fingerprint density at radius 1 is 1.38 bits per heavy atom. The zero-order chi connectivity index (χ0) is 12.3.